The molecule has 0 amide bonds. The lowest BCUT2D eigenvalue weighted by Gasteiger charge is -2.23. The predicted octanol–water partition coefficient (Wildman–Crippen LogP) is 4.81. The van der Waals surface area contributed by atoms with Gasteiger partial charge in [-0.2, -0.15) is 0 Å². The first kappa shape index (κ1) is 20.8. The first-order chi connectivity index (χ1) is 15.8. The minimum absolute atomic E-state index is 0.174. The van der Waals surface area contributed by atoms with E-state index in [1.807, 2.05) is 36.5 Å². The van der Waals surface area contributed by atoms with Crippen LogP contribution in [0.2, 0.25) is 0 Å². The Morgan fingerprint density at radius 3 is 2.53 bits per heavy atom. The summed E-state index contributed by atoms with van der Waals surface area (Å²) in [4.78, 5) is 14.3. The highest BCUT2D eigenvalue weighted by atomic mass is 19.1. The van der Waals surface area contributed by atoms with Crippen LogP contribution in [0, 0.1) is 11.7 Å². The van der Waals surface area contributed by atoms with Gasteiger partial charge in [0.05, 0.1) is 6.20 Å². The molecule has 1 fully saturated rings. The minimum atomic E-state index is -0.174. The van der Waals surface area contributed by atoms with Crippen LogP contribution < -0.4 is 5.32 Å². The van der Waals surface area contributed by atoms with E-state index in [1.54, 1.807) is 6.07 Å². The van der Waals surface area contributed by atoms with Crippen LogP contribution in [0.15, 0.2) is 60.8 Å². The average Bonchev–Trinajstić information content (AvgIpc) is 3.21. The van der Waals surface area contributed by atoms with E-state index in [4.69, 9.17) is 9.97 Å². The van der Waals surface area contributed by atoms with Crippen LogP contribution in [0.25, 0.3) is 22.6 Å². The number of rotatable bonds is 7. The van der Waals surface area contributed by atoms with E-state index in [9.17, 15) is 4.39 Å². The van der Waals surface area contributed by atoms with Gasteiger partial charge in [-0.05, 0) is 56.3 Å². The van der Waals surface area contributed by atoms with Gasteiger partial charge in [-0.3, -0.25) is 0 Å². The van der Waals surface area contributed by atoms with Crippen molar-refractivity contribution in [3.8, 4) is 11.4 Å². The normalized spacial score (nSPS) is 14.8. The number of hydrogen-bond acceptors (Lipinski definition) is 4. The zero-order valence-electron chi connectivity index (χ0n) is 18.2. The van der Waals surface area contributed by atoms with Gasteiger partial charge in [-0.25, -0.2) is 19.3 Å². The van der Waals surface area contributed by atoms with Gasteiger partial charge in [0, 0.05) is 18.5 Å². The standard InChI is InChI=1S/C26H28FN5/c27-22-9-5-4-6-20(22)10-11-24-29-18-23-26(31-24)32(17-14-19-12-15-28-16-13-19)25(30-23)21-7-2-1-3-8-21/h1-9,18-19,28H,10-17H2. The van der Waals surface area contributed by atoms with Gasteiger partial charge >= 0.3 is 0 Å². The number of piperidine rings is 1. The maximum absolute atomic E-state index is 14.0. The number of aryl methyl sites for hydroxylation is 3. The van der Waals surface area contributed by atoms with Crippen LogP contribution in [0.5, 0.6) is 0 Å². The van der Waals surface area contributed by atoms with Crippen molar-refractivity contribution in [1.29, 1.82) is 0 Å². The Bertz CT molecular complexity index is 1180. The number of imidazole rings is 1. The second kappa shape index (κ2) is 9.57. The van der Waals surface area contributed by atoms with Crippen LogP contribution in [0.1, 0.15) is 30.7 Å². The molecule has 3 heterocycles. The quantitative estimate of drug-likeness (QED) is 0.458. The molecule has 1 saturated heterocycles. The second-order valence-corrected chi connectivity index (χ2v) is 8.52. The molecule has 5 nitrogen and oxygen atoms in total. The minimum Gasteiger partial charge on any atom is -0.317 e. The summed E-state index contributed by atoms with van der Waals surface area (Å²) in [7, 11) is 0. The van der Waals surface area contributed by atoms with Crippen molar-refractivity contribution in [2.24, 2.45) is 5.92 Å². The lowest BCUT2D eigenvalue weighted by molar-refractivity contribution is 0.339. The molecule has 164 valence electrons. The Kier molecular flexibility index (Phi) is 6.21. The fraction of sp³-hybridized carbons (Fsp3) is 0.346. The summed E-state index contributed by atoms with van der Waals surface area (Å²) in [5, 5.41) is 3.45. The molecular formula is C26H28FN5. The van der Waals surface area contributed by atoms with E-state index in [-0.39, 0.29) is 5.82 Å². The molecular weight excluding hydrogens is 401 g/mol. The molecule has 0 aliphatic carbocycles. The molecule has 0 radical (unpaired) electrons. The van der Waals surface area contributed by atoms with E-state index in [2.05, 4.69) is 27.0 Å². The molecule has 0 atom stereocenters. The Hall–Kier alpha value is -3.12. The van der Waals surface area contributed by atoms with Gasteiger partial charge < -0.3 is 9.88 Å². The molecule has 0 unspecified atom stereocenters. The summed E-state index contributed by atoms with van der Waals surface area (Å²) in [5.74, 6) is 2.21. The van der Waals surface area contributed by atoms with E-state index >= 15 is 0 Å². The molecule has 32 heavy (non-hydrogen) atoms. The monoisotopic (exact) mass is 429 g/mol. The van der Waals surface area contributed by atoms with Crippen LogP contribution in [0.4, 0.5) is 4.39 Å². The van der Waals surface area contributed by atoms with Gasteiger partial charge in [-0.1, -0.05) is 48.5 Å². The van der Waals surface area contributed by atoms with Crippen molar-refractivity contribution in [1.82, 2.24) is 24.8 Å². The van der Waals surface area contributed by atoms with E-state index in [0.29, 0.717) is 18.4 Å². The number of fused-ring (bicyclic) bond motifs is 1. The molecule has 1 aliphatic rings. The smallest absolute Gasteiger partial charge is 0.164 e. The number of nitrogens with zero attached hydrogens (tertiary/aromatic N) is 4. The van der Waals surface area contributed by atoms with Gasteiger partial charge in [0.1, 0.15) is 23.0 Å². The Morgan fingerprint density at radius 1 is 0.938 bits per heavy atom. The second-order valence-electron chi connectivity index (χ2n) is 8.52. The summed E-state index contributed by atoms with van der Waals surface area (Å²) in [6, 6.07) is 17.2. The van der Waals surface area contributed by atoms with Crippen molar-refractivity contribution >= 4 is 11.2 Å². The third-order valence-corrected chi connectivity index (χ3v) is 6.37. The van der Waals surface area contributed by atoms with Crippen molar-refractivity contribution < 1.29 is 4.39 Å². The maximum Gasteiger partial charge on any atom is 0.164 e. The fourth-order valence-electron chi connectivity index (χ4n) is 4.52. The predicted molar refractivity (Wildman–Crippen MR) is 125 cm³/mol. The molecule has 0 bridgehead atoms. The first-order valence-corrected chi connectivity index (χ1v) is 11.5. The molecule has 1 N–H and O–H groups in total. The number of hydrogen-bond donors (Lipinski definition) is 1. The largest absolute Gasteiger partial charge is 0.317 e. The Balaban J connectivity index is 1.45. The fourth-order valence-corrected chi connectivity index (χ4v) is 4.52. The van der Waals surface area contributed by atoms with Crippen molar-refractivity contribution in [3.63, 3.8) is 0 Å². The Morgan fingerprint density at radius 2 is 1.72 bits per heavy atom. The number of nitrogens with one attached hydrogen (secondary N) is 1. The molecule has 4 aromatic rings. The molecule has 5 rings (SSSR count). The summed E-state index contributed by atoms with van der Waals surface area (Å²) < 4.78 is 16.3. The first-order valence-electron chi connectivity index (χ1n) is 11.5. The molecule has 2 aromatic carbocycles. The highest BCUT2D eigenvalue weighted by Crippen LogP contribution is 2.26. The van der Waals surface area contributed by atoms with Gasteiger partial charge in [-0.15, -0.1) is 0 Å². The van der Waals surface area contributed by atoms with Gasteiger partial charge in [0.2, 0.25) is 0 Å². The highest BCUT2D eigenvalue weighted by molar-refractivity contribution is 5.76. The molecule has 1 aliphatic heterocycles. The van der Waals surface area contributed by atoms with Crippen molar-refractivity contribution in [2.75, 3.05) is 13.1 Å². The van der Waals surface area contributed by atoms with Gasteiger partial charge in [0.25, 0.3) is 0 Å². The van der Waals surface area contributed by atoms with E-state index < -0.39 is 0 Å². The summed E-state index contributed by atoms with van der Waals surface area (Å²) >= 11 is 0. The third-order valence-electron chi connectivity index (χ3n) is 6.37. The molecule has 2 aromatic heterocycles. The number of benzene rings is 2. The number of aromatic nitrogens is 4. The third kappa shape index (κ3) is 4.55. The zero-order valence-corrected chi connectivity index (χ0v) is 18.2. The van der Waals surface area contributed by atoms with Gasteiger partial charge in [0.15, 0.2) is 5.65 Å². The van der Waals surface area contributed by atoms with Crippen LogP contribution >= 0.6 is 0 Å². The summed E-state index contributed by atoms with van der Waals surface area (Å²) in [6.45, 7) is 3.08. The van der Waals surface area contributed by atoms with E-state index in [0.717, 1.165) is 60.3 Å². The zero-order chi connectivity index (χ0) is 21.8. The maximum atomic E-state index is 14.0. The summed E-state index contributed by atoms with van der Waals surface area (Å²) in [6.07, 6.45) is 6.53. The Labute approximate surface area is 187 Å². The van der Waals surface area contributed by atoms with Crippen LogP contribution in [-0.4, -0.2) is 32.6 Å². The molecule has 6 heteroatoms. The molecule has 0 spiro atoms. The van der Waals surface area contributed by atoms with E-state index in [1.165, 1.54) is 18.9 Å². The van der Waals surface area contributed by atoms with Crippen molar-refractivity contribution in [3.05, 3.63) is 78.0 Å². The van der Waals surface area contributed by atoms with Crippen molar-refractivity contribution in [2.45, 2.75) is 38.6 Å². The highest BCUT2D eigenvalue weighted by Gasteiger charge is 2.18. The summed E-state index contributed by atoms with van der Waals surface area (Å²) in [5.41, 5.74) is 3.46. The lowest BCUT2D eigenvalue weighted by Crippen LogP contribution is -2.28. The SMILES string of the molecule is Fc1ccccc1CCc1ncc2nc(-c3ccccc3)n(CCC3CCNCC3)c2n1. The molecule has 0 saturated carbocycles. The number of halogens is 1. The average molecular weight is 430 g/mol. The van der Waals surface area contributed by atoms with Crippen LogP contribution in [-0.2, 0) is 19.4 Å². The topological polar surface area (TPSA) is 55.6 Å². The van der Waals surface area contributed by atoms with Crippen LogP contribution in [0.3, 0.4) is 0 Å². The lowest BCUT2D eigenvalue weighted by atomic mass is 9.95.